The second-order valence-electron chi connectivity index (χ2n) is 12.8. The molecule has 1 unspecified atom stereocenters. The normalized spacial score (nSPS) is 19.8. The predicted molar refractivity (Wildman–Crippen MR) is 150 cm³/mol. The number of fused-ring (bicyclic) bond motifs is 4. The Morgan fingerprint density at radius 1 is 0.561 bits per heavy atom. The Kier molecular flexibility index (Phi) is 6.53. The molecule has 2 nitrogen and oxygen atoms in total. The van der Waals surface area contributed by atoms with Crippen molar-refractivity contribution in [1.29, 1.82) is 0 Å². The molecule has 0 fully saturated rings. The minimum Gasteiger partial charge on any atom is -0.337 e. The van der Waals surface area contributed by atoms with Crippen LogP contribution >= 0.6 is 0 Å². The predicted octanol–water partition coefficient (Wildman–Crippen LogP) is 8.99. The summed E-state index contributed by atoms with van der Waals surface area (Å²) in [5.74, 6) is -2.99. The zero-order chi connectivity index (χ0) is 29.2. The number of hydrogen-bond acceptors (Lipinski definition) is 2. The Hall–Kier alpha value is -3.64. The molecule has 4 aromatic carbocycles. The summed E-state index contributed by atoms with van der Waals surface area (Å²) in [6.07, 6.45) is 2.33. The van der Waals surface area contributed by atoms with E-state index in [1.807, 2.05) is 12.1 Å². The van der Waals surface area contributed by atoms with Crippen LogP contribution in [0.1, 0.15) is 79.5 Å². The highest BCUT2D eigenvalue weighted by Gasteiger charge is 2.56. The molecule has 6 heteroatoms. The maximum absolute atomic E-state index is 13.9. The standard InChI is InChI=1S/C35H32F4O2/c1-33(2)19-35(27-14-21(5-9-25(27)33)13-22-6-11-29(36)31(38)15-22)20-34(3,4)26-10-8-24(17-28(26)35)41-40-18-23-7-12-30(37)32(39)16-23/h5-12,14-17H,13,18-20H2,1-4H3. The van der Waals surface area contributed by atoms with Crippen LogP contribution in [0.4, 0.5) is 17.6 Å². The van der Waals surface area contributed by atoms with E-state index in [0.29, 0.717) is 17.7 Å². The largest absolute Gasteiger partial charge is 0.337 e. The van der Waals surface area contributed by atoms with E-state index in [2.05, 4.69) is 52.0 Å². The highest BCUT2D eigenvalue weighted by molar-refractivity contribution is 5.61. The molecule has 0 saturated carbocycles. The summed E-state index contributed by atoms with van der Waals surface area (Å²) in [5, 5.41) is 0. The second-order valence-corrected chi connectivity index (χ2v) is 12.8. The Morgan fingerprint density at radius 3 is 1.71 bits per heavy atom. The van der Waals surface area contributed by atoms with E-state index in [9.17, 15) is 17.6 Å². The molecular formula is C35H32F4O2. The summed E-state index contributed by atoms with van der Waals surface area (Å²) in [7, 11) is 0. The average molecular weight is 561 g/mol. The van der Waals surface area contributed by atoms with Gasteiger partial charge >= 0.3 is 0 Å². The van der Waals surface area contributed by atoms with Gasteiger partial charge in [0.15, 0.2) is 29.0 Å². The first-order valence-electron chi connectivity index (χ1n) is 13.8. The van der Waals surface area contributed by atoms with E-state index >= 15 is 0 Å². The van der Waals surface area contributed by atoms with Gasteiger partial charge in [-0.05, 0) is 105 Å². The second kappa shape index (κ2) is 9.73. The quantitative estimate of drug-likeness (QED) is 0.133. The molecule has 1 atom stereocenters. The van der Waals surface area contributed by atoms with E-state index in [0.717, 1.165) is 36.1 Å². The molecule has 0 radical (unpaired) electrons. The third kappa shape index (κ3) is 4.82. The number of hydrogen-bond donors (Lipinski definition) is 0. The molecule has 41 heavy (non-hydrogen) atoms. The molecule has 2 aliphatic rings. The van der Waals surface area contributed by atoms with Crippen LogP contribution in [-0.4, -0.2) is 0 Å². The van der Waals surface area contributed by atoms with Crippen molar-refractivity contribution in [3.05, 3.63) is 135 Å². The first-order valence-corrected chi connectivity index (χ1v) is 13.8. The fourth-order valence-corrected chi connectivity index (χ4v) is 7.22. The zero-order valence-corrected chi connectivity index (χ0v) is 23.6. The monoisotopic (exact) mass is 560 g/mol. The SMILES string of the molecule is CC1(C)CC2(CC(C)(C)c3ccc(OOCc4ccc(F)c(F)c4)cc32)c2cc(Cc3ccc(F)c(F)c3)ccc21. The molecule has 0 N–H and O–H groups in total. The molecular weight excluding hydrogens is 528 g/mol. The van der Waals surface area contributed by atoms with Crippen LogP contribution in [0.3, 0.4) is 0 Å². The molecule has 2 aliphatic carbocycles. The summed E-state index contributed by atoms with van der Waals surface area (Å²) in [6, 6.07) is 20.2. The fraction of sp³-hybridized carbons (Fsp3) is 0.314. The van der Waals surface area contributed by atoms with Crippen LogP contribution in [0.5, 0.6) is 5.75 Å². The average Bonchev–Trinajstić information content (AvgIpc) is 3.27. The van der Waals surface area contributed by atoms with Crippen molar-refractivity contribution in [2.75, 3.05) is 0 Å². The van der Waals surface area contributed by atoms with Gasteiger partial charge in [0.25, 0.3) is 0 Å². The van der Waals surface area contributed by atoms with Gasteiger partial charge in [0.1, 0.15) is 6.61 Å². The minimum atomic E-state index is -0.931. The van der Waals surface area contributed by atoms with E-state index in [1.165, 1.54) is 40.5 Å². The van der Waals surface area contributed by atoms with Crippen LogP contribution in [0.15, 0.2) is 72.8 Å². The number of rotatable bonds is 6. The van der Waals surface area contributed by atoms with Gasteiger partial charge in [-0.15, -0.1) is 0 Å². The summed E-state index contributed by atoms with van der Waals surface area (Å²) < 4.78 is 54.3. The summed E-state index contributed by atoms with van der Waals surface area (Å²) in [6.45, 7) is 9.03. The van der Waals surface area contributed by atoms with Crippen molar-refractivity contribution in [1.82, 2.24) is 0 Å². The molecule has 4 aromatic rings. The van der Waals surface area contributed by atoms with Gasteiger partial charge in [-0.1, -0.05) is 64.1 Å². The minimum absolute atomic E-state index is 0.0336. The van der Waals surface area contributed by atoms with Crippen LogP contribution in [0.2, 0.25) is 0 Å². The Bertz CT molecular complexity index is 1650. The van der Waals surface area contributed by atoms with Crippen LogP contribution < -0.4 is 4.89 Å². The first-order chi connectivity index (χ1) is 19.4. The van der Waals surface area contributed by atoms with Crippen molar-refractivity contribution >= 4 is 0 Å². The molecule has 6 rings (SSSR count). The highest BCUT2D eigenvalue weighted by Crippen LogP contribution is 2.63. The molecule has 1 spiro atoms. The van der Waals surface area contributed by atoms with Gasteiger partial charge in [-0.25, -0.2) is 17.6 Å². The van der Waals surface area contributed by atoms with E-state index in [4.69, 9.17) is 9.78 Å². The summed E-state index contributed by atoms with van der Waals surface area (Å²) in [5.41, 5.74) is 6.78. The van der Waals surface area contributed by atoms with E-state index in [1.54, 1.807) is 6.07 Å². The van der Waals surface area contributed by atoms with Gasteiger partial charge in [-0.3, -0.25) is 0 Å². The van der Waals surface area contributed by atoms with Crippen molar-refractivity contribution < 1.29 is 27.3 Å². The smallest absolute Gasteiger partial charge is 0.165 e. The lowest BCUT2D eigenvalue weighted by molar-refractivity contribution is -0.217. The van der Waals surface area contributed by atoms with Crippen molar-refractivity contribution in [2.45, 2.75) is 69.8 Å². The summed E-state index contributed by atoms with van der Waals surface area (Å²) in [4.78, 5) is 11.1. The molecule has 0 saturated heterocycles. The van der Waals surface area contributed by atoms with Gasteiger partial charge in [0.2, 0.25) is 0 Å². The van der Waals surface area contributed by atoms with Gasteiger partial charge in [0.05, 0.1) is 0 Å². The maximum atomic E-state index is 13.9. The molecule has 0 heterocycles. The third-order valence-corrected chi connectivity index (χ3v) is 8.81. The number of halogens is 4. The van der Waals surface area contributed by atoms with Gasteiger partial charge in [0, 0.05) is 5.41 Å². The highest BCUT2D eigenvalue weighted by atomic mass is 19.2. The van der Waals surface area contributed by atoms with Gasteiger partial charge < -0.3 is 4.89 Å². The molecule has 0 aromatic heterocycles. The third-order valence-electron chi connectivity index (χ3n) is 8.81. The first kappa shape index (κ1) is 27.5. The lowest BCUT2D eigenvalue weighted by Crippen LogP contribution is -2.27. The lowest BCUT2D eigenvalue weighted by atomic mass is 9.72. The Morgan fingerprint density at radius 2 is 1.07 bits per heavy atom. The Labute approximate surface area is 237 Å². The van der Waals surface area contributed by atoms with Gasteiger partial charge in [-0.2, -0.15) is 4.89 Å². The topological polar surface area (TPSA) is 18.5 Å². The van der Waals surface area contributed by atoms with Crippen molar-refractivity contribution in [2.24, 2.45) is 0 Å². The number of benzene rings is 4. The molecule has 0 bridgehead atoms. The molecule has 0 aliphatic heterocycles. The lowest BCUT2D eigenvalue weighted by Gasteiger charge is -2.30. The van der Waals surface area contributed by atoms with Crippen molar-refractivity contribution in [3.8, 4) is 5.75 Å². The van der Waals surface area contributed by atoms with Crippen LogP contribution in [0.25, 0.3) is 0 Å². The van der Waals surface area contributed by atoms with E-state index in [-0.39, 0.29) is 22.9 Å². The Balaban J connectivity index is 1.34. The fourth-order valence-electron chi connectivity index (χ4n) is 7.22. The molecule has 212 valence electrons. The zero-order valence-electron chi connectivity index (χ0n) is 23.6. The molecule has 0 amide bonds. The summed E-state index contributed by atoms with van der Waals surface area (Å²) >= 11 is 0. The van der Waals surface area contributed by atoms with Crippen LogP contribution in [0, 0.1) is 23.3 Å². The van der Waals surface area contributed by atoms with Crippen molar-refractivity contribution in [3.63, 3.8) is 0 Å². The van der Waals surface area contributed by atoms with Crippen LogP contribution in [-0.2, 0) is 34.2 Å². The maximum Gasteiger partial charge on any atom is 0.165 e. The van der Waals surface area contributed by atoms with E-state index < -0.39 is 23.3 Å².